The monoisotopic (exact) mass is 479 g/mol. The molecule has 34 heavy (non-hydrogen) atoms. The van der Waals surface area contributed by atoms with Crippen molar-refractivity contribution in [3.05, 3.63) is 29.8 Å². The molecule has 1 aromatic rings. The Kier molecular flexibility index (Phi) is 15.8. The fourth-order valence-corrected chi connectivity index (χ4v) is 3.81. The minimum absolute atomic E-state index is 0.154. The van der Waals surface area contributed by atoms with E-state index in [2.05, 4.69) is 38.3 Å². The molecule has 0 fully saturated rings. The second kappa shape index (κ2) is 17.7. The van der Waals surface area contributed by atoms with Crippen LogP contribution in [-0.2, 0) is 4.74 Å². The largest absolute Gasteiger partial charge is 0.493 e. The van der Waals surface area contributed by atoms with Gasteiger partial charge in [-0.25, -0.2) is 0 Å². The molecule has 7 heteroatoms. The van der Waals surface area contributed by atoms with Gasteiger partial charge in [0, 0.05) is 38.9 Å². The Labute approximate surface area is 207 Å². The van der Waals surface area contributed by atoms with E-state index in [-0.39, 0.29) is 17.9 Å². The summed E-state index contributed by atoms with van der Waals surface area (Å²) in [5.74, 6) is 0.920. The summed E-state index contributed by atoms with van der Waals surface area (Å²) < 4.78 is 10.9. The van der Waals surface area contributed by atoms with Gasteiger partial charge in [-0.15, -0.1) is 0 Å². The zero-order valence-electron chi connectivity index (χ0n) is 22.0. The van der Waals surface area contributed by atoms with Crippen LogP contribution >= 0.6 is 0 Å². The maximum Gasteiger partial charge on any atom is 0.255 e. The molecule has 7 nitrogen and oxygen atoms in total. The van der Waals surface area contributed by atoms with E-state index in [0.717, 1.165) is 19.3 Å². The number of para-hydroxylation sites is 1. The van der Waals surface area contributed by atoms with Crippen molar-refractivity contribution in [1.29, 1.82) is 0 Å². The minimum atomic E-state index is -0.617. The Hall–Kier alpha value is -1.67. The molecule has 0 aliphatic heterocycles. The second-order valence-corrected chi connectivity index (χ2v) is 9.68. The Morgan fingerprint density at radius 2 is 1.79 bits per heavy atom. The molecule has 196 valence electrons. The van der Waals surface area contributed by atoms with Gasteiger partial charge in [0.15, 0.2) is 0 Å². The van der Waals surface area contributed by atoms with Gasteiger partial charge in [-0.05, 0) is 56.6 Å². The molecular formula is C27H49N3O4. The predicted molar refractivity (Wildman–Crippen MR) is 139 cm³/mol. The lowest BCUT2D eigenvalue weighted by Gasteiger charge is -2.28. The van der Waals surface area contributed by atoms with Gasteiger partial charge in [-0.1, -0.05) is 45.7 Å². The molecule has 5 N–H and O–H groups in total. The summed E-state index contributed by atoms with van der Waals surface area (Å²) in [6, 6.07) is 7.34. The van der Waals surface area contributed by atoms with E-state index < -0.39 is 6.10 Å². The Bertz CT molecular complexity index is 671. The van der Waals surface area contributed by atoms with E-state index in [1.54, 1.807) is 13.2 Å². The summed E-state index contributed by atoms with van der Waals surface area (Å²) in [4.78, 5) is 12.9. The molecule has 0 saturated carbocycles. The number of aliphatic hydroxyl groups is 1. The summed E-state index contributed by atoms with van der Waals surface area (Å²) in [5, 5.41) is 17.0. The zero-order chi connectivity index (χ0) is 25.3. The number of aliphatic hydroxyl groups excluding tert-OH is 1. The van der Waals surface area contributed by atoms with Crippen molar-refractivity contribution in [3.8, 4) is 5.75 Å². The van der Waals surface area contributed by atoms with Crippen molar-refractivity contribution < 1.29 is 19.4 Å². The number of hydrogen-bond donors (Lipinski definition) is 4. The third-order valence-electron chi connectivity index (χ3n) is 6.33. The third-order valence-corrected chi connectivity index (χ3v) is 6.33. The van der Waals surface area contributed by atoms with Gasteiger partial charge < -0.3 is 30.9 Å². The van der Waals surface area contributed by atoms with Crippen LogP contribution in [0.3, 0.4) is 0 Å². The van der Waals surface area contributed by atoms with Crippen molar-refractivity contribution in [1.82, 2.24) is 10.6 Å². The fraction of sp³-hybridized carbons (Fsp3) is 0.741. The summed E-state index contributed by atoms with van der Waals surface area (Å²) in [7, 11) is 1.69. The molecule has 1 aromatic carbocycles. The average Bonchev–Trinajstić information content (AvgIpc) is 2.83. The number of hydrogen-bond acceptors (Lipinski definition) is 6. The zero-order valence-corrected chi connectivity index (χ0v) is 22.0. The molecule has 0 heterocycles. The van der Waals surface area contributed by atoms with E-state index in [1.807, 2.05) is 18.2 Å². The predicted octanol–water partition coefficient (Wildman–Crippen LogP) is 3.74. The molecule has 0 saturated heterocycles. The number of ether oxygens (including phenoxy) is 2. The minimum Gasteiger partial charge on any atom is -0.493 e. The SMILES string of the molecule is CCCCC(C)NCC(O)C(N)CC(CNC(=O)c1ccccc1OCCCCOC)C(C)C. The van der Waals surface area contributed by atoms with Crippen molar-refractivity contribution in [2.45, 2.75) is 84.4 Å². The van der Waals surface area contributed by atoms with Gasteiger partial charge in [-0.3, -0.25) is 4.79 Å². The number of methoxy groups -OCH3 is 1. The number of carbonyl (C=O) groups is 1. The highest BCUT2D eigenvalue weighted by atomic mass is 16.5. The van der Waals surface area contributed by atoms with Crippen molar-refractivity contribution >= 4 is 5.91 Å². The highest BCUT2D eigenvalue weighted by Gasteiger charge is 2.23. The fourth-order valence-electron chi connectivity index (χ4n) is 3.81. The molecule has 0 spiro atoms. The van der Waals surface area contributed by atoms with Crippen LogP contribution in [0.5, 0.6) is 5.75 Å². The normalized spacial score (nSPS) is 15.1. The lowest BCUT2D eigenvalue weighted by molar-refractivity contribution is 0.0926. The Morgan fingerprint density at radius 1 is 1.09 bits per heavy atom. The van der Waals surface area contributed by atoms with Crippen LogP contribution in [0.2, 0.25) is 0 Å². The summed E-state index contributed by atoms with van der Waals surface area (Å²) >= 11 is 0. The maximum absolute atomic E-state index is 12.9. The molecule has 0 aromatic heterocycles. The highest BCUT2D eigenvalue weighted by molar-refractivity contribution is 5.96. The quantitative estimate of drug-likeness (QED) is 0.225. The molecule has 0 aliphatic rings. The van der Waals surface area contributed by atoms with E-state index >= 15 is 0 Å². The smallest absolute Gasteiger partial charge is 0.255 e. The molecular weight excluding hydrogens is 430 g/mol. The topological polar surface area (TPSA) is 106 Å². The van der Waals surface area contributed by atoms with Crippen LogP contribution < -0.4 is 21.1 Å². The molecule has 1 amide bonds. The molecule has 4 unspecified atom stereocenters. The third kappa shape index (κ3) is 12.2. The van der Waals surface area contributed by atoms with Crippen LogP contribution in [0.15, 0.2) is 24.3 Å². The summed E-state index contributed by atoms with van der Waals surface area (Å²) in [5.41, 5.74) is 6.88. The second-order valence-electron chi connectivity index (χ2n) is 9.68. The Balaban J connectivity index is 2.57. The van der Waals surface area contributed by atoms with Crippen molar-refractivity contribution in [2.75, 3.05) is 33.4 Å². The molecule has 4 atom stereocenters. The van der Waals surface area contributed by atoms with Crippen LogP contribution in [0, 0.1) is 11.8 Å². The number of unbranched alkanes of at least 4 members (excludes halogenated alkanes) is 2. The van der Waals surface area contributed by atoms with Gasteiger partial charge in [0.2, 0.25) is 0 Å². The van der Waals surface area contributed by atoms with Gasteiger partial charge in [0.1, 0.15) is 5.75 Å². The van der Waals surface area contributed by atoms with E-state index in [9.17, 15) is 9.90 Å². The van der Waals surface area contributed by atoms with Crippen LogP contribution in [0.4, 0.5) is 0 Å². The first-order valence-corrected chi connectivity index (χ1v) is 13.0. The lowest BCUT2D eigenvalue weighted by Crippen LogP contribution is -2.46. The molecule has 0 aliphatic carbocycles. The van der Waals surface area contributed by atoms with Crippen molar-refractivity contribution in [2.24, 2.45) is 17.6 Å². The number of nitrogens with two attached hydrogens (primary N) is 1. The van der Waals surface area contributed by atoms with Crippen LogP contribution in [-0.4, -0.2) is 62.6 Å². The van der Waals surface area contributed by atoms with Gasteiger partial charge in [0.05, 0.1) is 18.3 Å². The first-order chi connectivity index (χ1) is 16.3. The number of amides is 1. The first-order valence-electron chi connectivity index (χ1n) is 13.0. The highest BCUT2D eigenvalue weighted by Crippen LogP contribution is 2.20. The number of benzene rings is 1. The van der Waals surface area contributed by atoms with Crippen molar-refractivity contribution in [3.63, 3.8) is 0 Å². The van der Waals surface area contributed by atoms with Gasteiger partial charge >= 0.3 is 0 Å². The molecule has 0 radical (unpaired) electrons. The Morgan fingerprint density at radius 3 is 2.47 bits per heavy atom. The standard InChI is InChI=1S/C27H49N3O4/c1-6-7-12-21(4)29-19-25(31)24(28)17-22(20(2)3)18-30-27(32)23-13-8-9-14-26(23)34-16-11-10-15-33-5/h8-9,13-14,20-22,24-25,29,31H,6-7,10-12,15-19,28H2,1-5H3,(H,30,32). The number of nitrogens with one attached hydrogen (secondary N) is 2. The molecule has 0 bridgehead atoms. The van der Waals surface area contributed by atoms with E-state index in [0.29, 0.717) is 56.0 Å². The van der Waals surface area contributed by atoms with Gasteiger partial charge in [-0.2, -0.15) is 0 Å². The number of carbonyl (C=O) groups excluding carboxylic acids is 1. The maximum atomic E-state index is 12.9. The van der Waals surface area contributed by atoms with E-state index in [1.165, 1.54) is 12.8 Å². The summed E-state index contributed by atoms with van der Waals surface area (Å²) in [6.45, 7) is 10.8. The summed E-state index contributed by atoms with van der Waals surface area (Å²) in [6.07, 6.45) is 5.24. The average molecular weight is 480 g/mol. The van der Waals surface area contributed by atoms with E-state index in [4.69, 9.17) is 15.2 Å². The number of rotatable bonds is 19. The molecule has 1 rings (SSSR count). The van der Waals surface area contributed by atoms with Crippen LogP contribution in [0.25, 0.3) is 0 Å². The van der Waals surface area contributed by atoms with Gasteiger partial charge in [0.25, 0.3) is 5.91 Å². The first kappa shape index (κ1) is 30.4. The lowest BCUT2D eigenvalue weighted by atomic mass is 9.87. The van der Waals surface area contributed by atoms with Crippen LogP contribution in [0.1, 0.15) is 76.6 Å².